The van der Waals surface area contributed by atoms with Crippen molar-refractivity contribution in [2.24, 2.45) is 0 Å². The Morgan fingerprint density at radius 2 is 2.14 bits per heavy atom. The predicted molar refractivity (Wildman–Crippen MR) is 98.4 cm³/mol. The standard InChI is InChI=1S/C18H21NS2/c1-4-6-17-18(3,8-10-21-17)14-12-16-13(7-9-20-16)11-15(14)19-5-2/h6-12,19H,4-5H2,1-3H3/b17-6+. The third-order valence-electron chi connectivity index (χ3n) is 4.02. The zero-order valence-corrected chi connectivity index (χ0v) is 14.4. The first-order valence-corrected chi connectivity index (χ1v) is 9.25. The molecule has 0 fully saturated rings. The highest BCUT2D eigenvalue weighted by Gasteiger charge is 2.34. The van der Waals surface area contributed by atoms with Crippen LogP contribution in [0.1, 0.15) is 32.8 Å². The highest BCUT2D eigenvalue weighted by atomic mass is 32.2. The molecule has 0 spiro atoms. The maximum absolute atomic E-state index is 3.56. The van der Waals surface area contributed by atoms with Gasteiger partial charge >= 0.3 is 0 Å². The van der Waals surface area contributed by atoms with Crippen LogP contribution in [0.3, 0.4) is 0 Å². The number of anilines is 1. The first kappa shape index (κ1) is 14.7. The molecule has 1 atom stereocenters. The fourth-order valence-electron chi connectivity index (χ4n) is 2.89. The van der Waals surface area contributed by atoms with E-state index in [0.717, 1.165) is 13.0 Å². The van der Waals surface area contributed by atoms with Gasteiger partial charge in [-0.2, -0.15) is 0 Å². The van der Waals surface area contributed by atoms with E-state index in [9.17, 15) is 0 Å². The smallest absolute Gasteiger partial charge is 0.0442 e. The second kappa shape index (κ2) is 5.90. The third kappa shape index (κ3) is 2.53. The highest BCUT2D eigenvalue weighted by Crippen LogP contribution is 2.49. The number of thioether (sulfide) groups is 1. The van der Waals surface area contributed by atoms with E-state index in [1.807, 2.05) is 23.1 Å². The molecule has 2 aromatic rings. The Balaban J connectivity index is 2.19. The van der Waals surface area contributed by atoms with Gasteiger partial charge in [-0.05, 0) is 65.1 Å². The molecule has 1 N–H and O–H groups in total. The average Bonchev–Trinajstić information content (AvgIpc) is 3.06. The number of rotatable bonds is 4. The quantitative estimate of drug-likeness (QED) is 0.726. The van der Waals surface area contributed by atoms with Crippen LogP contribution in [0.5, 0.6) is 0 Å². The summed E-state index contributed by atoms with van der Waals surface area (Å²) in [4.78, 5) is 1.44. The van der Waals surface area contributed by atoms with E-state index in [0.29, 0.717) is 0 Å². The number of nitrogens with one attached hydrogen (secondary N) is 1. The van der Waals surface area contributed by atoms with E-state index in [1.165, 1.54) is 26.2 Å². The second-order valence-electron chi connectivity index (χ2n) is 5.49. The van der Waals surface area contributed by atoms with Crippen molar-refractivity contribution >= 4 is 38.9 Å². The van der Waals surface area contributed by atoms with Gasteiger partial charge in [-0.25, -0.2) is 0 Å². The molecule has 0 amide bonds. The van der Waals surface area contributed by atoms with Crippen LogP contribution in [0, 0.1) is 0 Å². The number of hydrogen-bond acceptors (Lipinski definition) is 3. The maximum Gasteiger partial charge on any atom is 0.0442 e. The molecule has 1 nitrogen and oxygen atoms in total. The van der Waals surface area contributed by atoms with E-state index >= 15 is 0 Å². The summed E-state index contributed by atoms with van der Waals surface area (Å²) in [6.45, 7) is 7.65. The van der Waals surface area contributed by atoms with Crippen LogP contribution >= 0.6 is 23.1 Å². The van der Waals surface area contributed by atoms with Crippen molar-refractivity contribution < 1.29 is 0 Å². The van der Waals surface area contributed by atoms with Gasteiger partial charge < -0.3 is 5.32 Å². The van der Waals surface area contributed by atoms with Gasteiger partial charge in [-0.15, -0.1) is 23.1 Å². The molecular weight excluding hydrogens is 294 g/mol. The average molecular weight is 316 g/mol. The van der Waals surface area contributed by atoms with Gasteiger partial charge in [-0.1, -0.05) is 19.1 Å². The molecule has 3 rings (SSSR count). The minimum Gasteiger partial charge on any atom is -0.385 e. The molecular formula is C18H21NS2. The fourth-order valence-corrected chi connectivity index (χ4v) is 4.87. The van der Waals surface area contributed by atoms with Crippen molar-refractivity contribution in [2.45, 2.75) is 32.6 Å². The number of hydrogen-bond donors (Lipinski definition) is 1. The molecule has 1 aromatic heterocycles. The van der Waals surface area contributed by atoms with Crippen LogP contribution in [-0.4, -0.2) is 6.54 Å². The molecule has 21 heavy (non-hydrogen) atoms. The van der Waals surface area contributed by atoms with Crippen molar-refractivity contribution in [3.63, 3.8) is 0 Å². The lowest BCUT2D eigenvalue weighted by Gasteiger charge is -2.28. The van der Waals surface area contributed by atoms with Crippen molar-refractivity contribution in [2.75, 3.05) is 11.9 Å². The van der Waals surface area contributed by atoms with Crippen molar-refractivity contribution in [1.29, 1.82) is 0 Å². The first-order chi connectivity index (χ1) is 10.2. The predicted octanol–water partition coefficient (Wildman–Crippen LogP) is 6.15. The van der Waals surface area contributed by atoms with Crippen LogP contribution in [0.2, 0.25) is 0 Å². The van der Waals surface area contributed by atoms with Gasteiger partial charge in [0.1, 0.15) is 0 Å². The number of allylic oxidation sites excluding steroid dienone is 3. The molecule has 0 saturated heterocycles. The number of thiophene rings is 1. The van der Waals surface area contributed by atoms with E-state index < -0.39 is 0 Å². The van der Waals surface area contributed by atoms with Crippen LogP contribution in [-0.2, 0) is 5.41 Å². The number of benzene rings is 1. The monoisotopic (exact) mass is 315 g/mol. The van der Waals surface area contributed by atoms with Crippen molar-refractivity contribution in [1.82, 2.24) is 0 Å². The Morgan fingerprint density at radius 1 is 1.29 bits per heavy atom. The summed E-state index contributed by atoms with van der Waals surface area (Å²) in [6, 6.07) is 6.88. The largest absolute Gasteiger partial charge is 0.385 e. The molecule has 0 bridgehead atoms. The zero-order valence-electron chi connectivity index (χ0n) is 12.8. The lowest BCUT2D eigenvalue weighted by atomic mass is 9.80. The van der Waals surface area contributed by atoms with Crippen LogP contribution in [0.15, 0.2) is 46.0 Å². The topological polar surface area (TPSA) is 12.0 Å². The Hall–Kier alpha value is -1.19. The number of fused-ring (bicyclic) bond motifs is 1. The van der Waals surface area contributed by atoms with Gasteiger partial charge in [0.25, 0.3) is 0 Å². The van der Waals surface area contributed by atoms with Gasteiger partial charge in [0.2, 0.25) is 0 Å². The molecule has 2 heterocycles. The van der Waals surface area contributed by atoms with Crippen LogP contribution < -0.4 is 5.32 Å². The lowest BCUT2D eigenvalue weighted by Crippen LogP contribution is -2.20. The maximum atomic E-state index is 3.56. The molecule has 1 aliphatic heterocycles. The second-order valence-corrected chi connectivity index (χ2v) is 7.38. The molecule has 0 radical (unpaired) electrons. The van der Waals surface area contributed by atoms with Crippen LogP contribution in [0.25, 0.3) is 10.1 Å². The van der Waals surface area contributed by atoms with E-state index in [1.54, 1.807) is 0 Å². The fraction of sp³-hybridized carbons (Fsp3) is 0.333. The van der Waals surface area contributed by atoms with Crippen molar-refractivity contribution in [3.05, 3.63) is 51.6 Å². The summed E-state index contributed by atoms with van der Waals surface area (Å²) < 4.78 is 1.37. The summed E-state index contributed by atoms with van der Waals surface area (Å²) >= 11 is 3.68. The van der Waals surface area contributed by atoms with E-state index in [4.69, 9.17) is 0 Å². The van der Waals surface area contributed by atoms with Gasteiger partial charge in [0.05, 0.1) is 0 Å². The van der Waals surface area contributed by atoms with Crippen LogP contribution in [0.4, 0.5) is 5.69 Å². The van der Waals surface area contributed by atoms with Gasteiger partial charge in [0, 0.05) is 22.3 Å². The highest BCUT2D eigenvalue weighted by molar-refractivity contribution is 8.06. The normalized spacial score (nSPS) is 23.3. The Morgan fingerprint density at radius 3 is 2.90 bits per heavy atom. The summed E-state index contributed by atoms with van der Waals surface area (Å²) in [5.41, 5.74) is 2.65. The molecule has 1 aromatic carbocycles. The van der Waals surface area contributed by atoms with E-state index in [-0.39, 0.29) is 5.41 Å². The molecule has 3 heteroatoms. The van der Waals surface area contributed by atoms with E-state index in [2.05, 4.69) is 67.2 Å². The zero-order chi connectivity index (χ0) is 14.9. The molecule has 1 unspecified atom stereocenters. The summed E-state index contributed by atoms with van der Waals surface area (Å²) in [5.74, 6) is 0. The Labute approximate surface area is 135 Å². The molecule has 1 aliphatic rings. The van der Waals surface area contributed by atoms with Gasteiger partial charge in [0.15, 0.2) is 0 Å². The third-order valence-corrected chi connectivity index (χ3v) is 6.01. The molecule has 110 valence electrons. The van der Waals surface area contributed by atoms with Gasteiger partial charge in [-0.3, -0.25) is 0 Å². The first-order valence-electron chi connectivity index (χ1n) is 7.49. The lowest BCUT2D eigenvalue weighted by molar-refractivity contribution is 0.751. The summed E-state index contributed by atoms with van der Waals surface area (Å²) in [5, 5.41) is 9.30. The minimum absolute atomic E-state index is 0.00361. The summed E-state index contributed by atoms with van der Waals surface area (Å²) in [7, 11) is 0. The summed E-state index contributed by atoms with van der Waals surface area (Å²) in [6.07, 6.45) is 5.78. The Kier molecular flexibility index (Phi) is 4.14. The minimum atomic E-state index is -0.00361. The SMILES string of the molecule is CC/C=C1/SC=CC1(C)c1cc2sccc2cc1NCC. The molecule has 0 aliphatic carbocycles. The van der Waals surface area contributed by atoms with Crippen molar-refractivity contribution in [3.8, 4) is 0 Å². The Bertz CT molecular complexity index is 711. The molecule has 0 saturated carbocycles.